The van der Waals surface area contributed by atoms with Crippen molar-refractivity contribution in [2.75, 3.05) is 0 Å². The highest BCUT2D eigenvalue weighted by molar-refractivity contribution is 7.26. The second kappa shape index (κ2) is 12.3. The molecule has 5 heteroatoms. The zero-order chi connectivity index (χ0) is 39.8. The van der Waals surface area contributed by atoms with E-state index in [0.29, 0.717) is 5.95 Å². The summed E-state index contributed by atoms with van der Waals surface area (Å²) in [5.41, 5.74) is 8.61. The summed E-state index contributed by atoms with van der Waals surface area (Å²) in [7, 11) is 0. The van der Waals surface area contributed by atoms with E-state index >= 15 is 0 Å². The van der Waals surface area contributed by atoms with Crippen LogP contribution in [0.5, 0.6) is 0 Å². The van der Waals surface area contributed by atoms with Gasteiger partial charge in [0.05, 0.1) is 38.0 Å². The Bertz CT molecular complexity index is 4140. The van der Waals surface area contributed by atoms with Crippen molar-refractivity contribution >= 4 is 118 Å². The number of thiophene rings is 1. The van der Waals surface area contributed by atoms with Crippen molar-refractivity contribution in [3.63, 3.8) is 0 Å². The van der Waals surface area contributed by atoms with E-state index in [1.54, 1.807) is 11.3 Å². The Balaban J connectivity index is 1.15. The van der Waals surface area contributed by atoms with E-state index < -0.39 is 0 Å². The summed E-state index contributed by atoms with van der Waals surface area (Å²) in [4.78, 5) is 11.3. The van der Waals surface area contributed by atoms with Crippen molar-refractivity contribution in [3.05, 3.63) is 194 Å². The van der Waals surface area contributed by atoms with E-state index in [4.69, 9.17) is 9.97 Å². The third kappa shape index (κ3) is 4.53. The lowest BCUT2D eigenvalue weighted by molar-refractivity contribution is 1.02. The van der Waals surface area contributed by atoms with Gasteiger partial charge >= 0.3 is 0 Å². The number of nitrogens with zero attached hydrogens (tertiary/aromatic N) is 4. The molecule has 0 atom stereocenters. The van der Waals surface area contributed by atoms with Gasteiger partial charge in [0.15, 0.2) is 0 Å². The summed E-state index contributed by atoms with van der Waals surface area (Å²) in [6, 6.07) is 70.6. The summed E-state index contributed by atoms with van der Waals surface area (Å²) in [6.07, 6.45) is 0. The quantitative estimate of drug-likeness (QED) is 0.167. The molecule has 0 bridgehead atoms. The number of hydrogen-bond acceptors (Lipinski definition) is 3. The summed E-state index contributed by atoms with van der Waals surface area (Å²) >= 11 is 1.77. The van der Waals surface area contributed by atoms with Gasteiger partial charge in [-0.25, -0.2) is 9.97 Å². The van der Waals surface area contributed by atoms with Gasteiger partial charge in [-0.3, -0.25) is 4.57 Å². The number of benzene rings is 10. The first-order chi connectivity index (χ1) is 30.3. The van der Waals surface area contributed by atoms with Gasteiger partial charge in [-0.15, -0.1) is 11.3 Å². The van der Waals surface area contributed by atoms with Crippen LogP contribution in [0.2, 0.25) is 0 Å². The first kappa shape index (κ1) is 33.0. The van der Waals surface area contributed by atoms with Gasteiger partial charge in [0.25, 0.3) is 0 Å². The Morgan fingerprint density at radius 1 is 0.377 bits per heavy atom. The fourth-order valence-corrected chi connectivity index (χ4v) is 11.5. The van der Waals surface area contributed by atoms with E-state index in [0.717, 1.165) is 49.1 Å². The van der Waals surface area contributed by atoms with Crippen LogP contribution in [0.4, 0.5) is 0 Å². The minimum absolute atomic E-state index is 0.663. The summed E-state index contributed by atoms with van der Waals surface area (Å²) in [5, 5.41) is 15.9. The number of para-hydroxylation sites is 2. The molecule has 14 rings (SSSR count). The highest BCUT2D eigenvalue weighted by Gasteiger charge is 2.24. The van der Waals surface area contributed by atoms with Gasteiger partial charge in [-0.1, -0.05) is 158 Å². The molecule has 0 fully saturated rings. The molecule has 0 saturated carbocycles. The Kier molecular flexibility index (Phi) is 6.68. The maximum atomic E-state index is 5.72. The highest BCUT2D eigenvalue weighted by Crippen LogP contribution is 2.46. The molecule has 0 aliphatic carbocycles. The first-order valence-electron chi connectivity index (χ1n) is 20.8. The molecule has 282 valence electrons. The van der Waals surface area contributed by atoms with Crippen molar-refractivity contribution in [1.29, 1.82) is 0 Å². The van der Waals surface area contributed by atoms with Crippen LogP contribution >= 0.6 is 11.3 Å². The summed E-state index contributed by atoms with van der Waals surface area (Å²) in [5.74, 6) is 0.663. The first-order valence-corrected chi connectivity index (χ1v) is 21.6. The topological polar surface area (TPSA) is 35.6 Å². The lowest BCUT2D eigenvalue weighted by Gasteiger charge is -2.13. The number of rotatable bonds is 3. The van der Waals surface area contributed by atoms with Gasteiger partial charge in [-0.2, -0.15) is 0 Å². The van der Waals surface area contributed by atoms with Crippen molar-refractivity contribution in [3.8, 4) is 22.9 Å². The largest absolute Gasteiger partial charge is 0.309 e. The van der Waals surface area contributed by atoms with Gasteiger partial charge in [0, 0.05) is 53.7 Å². The second-order valence-corrected chi connectivity index (χ2v) is 17.1. The van der Waals surface area contributed by atoms with E-state index in [9.17, 15) is 0 Å². The van der Waals surface area contributed by atoms with Crippen LogP contribution in [-0.2, 0) is 0 Å². The van der Waals surface area contributed by atoms with Crippen LogP contribution in [0.25, 0.3) is 130 Å². The third-order valence-electron chi connectivity index (χ3n) is 12.9. The highest BCUT2D eigenvalue weighted by atomic mass is 32.1. The Labute approximate surface area is 352 Å². The van der Waals surface area contributed by atoms with Crippen LogP contribution < -0.4 is 0 Å². The Morgan fingerprint density at radius 3 is 1.80 bits per heavy atom. The molecule has 10 aromatic carbocycles. The summed E-state index contributed by atoms with van der Waals surface area (Å²) < 4.78 is 7.02. The van der Waals surface area contributed by atoms with E-state index in [2.05, 4.69) is 203 Å². The molecule has 0 radical (unpaired) electrons. The zero-order valence-electron chi connectivity index (χ0n) is 32.7. The molecule has 4 nitrogen and oxygen atoms in total. The van der Waals surface area contributed by atoms with Crippen LogP contribution in [0.1, 0.15) is 0 Å². The third-order valence-corrected chi connectivity index (χ3v) is 14.1. The molecule has 0 aliphatic rings. The molecular formula is C56H32N4S. The lowest BCUT2D eigenvalue weighted by Crippen LogP contribution is -2.03. The molecule has 0 unspecified atom stereocenters. The predicted octanol–water partition coefficient (Wildman–Crippen LogP) is 15.3. The summed E-state index contributed by atoms with van der Waals surface area (Å²) in [6.45, 7) is 0. The van der Waals surface area contributed by atoms with Crippen LogP contribution in [0.3, 0.4) is 0 Å². The fourth-order valence-electron chi connectivity index (χ4n) is 10.3. The van der Waals surface area contributed by atoms with Crippen LogP contribution in [0.15, 0.2) is 194 Å². The molecule has 4 heterocycles. The van der Waals surface area contributed by atoms with Crippen molar-refractivity contribution in [1.82, 2.24) is 19.1 Å². The van der Waals surface area contributed by atoms with Crippen LogP contribution in [0, 0.1) is 0 Å². The normalized spacial score (nSPS) is 12.3. The Hall–Kier alpha value is -7.86. The standard InChI is InChI=1S/C56H32N4S/c1-2-15-35(16-3-1)59-46-24-12-10-21-40(46)41-28-27-34(32-48(41)59)52-55-53(44-23-11-13-25-49(44)61-55)58-56(57-52)60-47-31-30-43-39-20-7-6-18-37(39)38-19-8-9-22-42(38)50(43)51(47)45-29-26-33-14-4-5-17-36(33)54(45)60/h1-32H. The number of hydrogen-bond donors (Lipinski definition) is 0. The lowest BCUT2D eigenvalue weighted by atomic mass is 9.91. The van der Waals surface area contributed by atoms with E-state index in [-0.39, 0.29) is 0 Å². The molecule has 61 heavy (non-hydrogen) atoms. The molecule has 0 amide bonds. The monoisotopic (exact) mass is 792 g/mol. The maximum Gasteiger partial charge on any atom is 0.235 e. The van der Waals surface area contributed by atoms with Crippen molar-refractivity contribution < 1.29 is 0 Å². The molecule has 0 spiro atoms. The SMILES string of the molecule is c1ccc(-n2c3ccccc3c3ccc(-c4nc(-n5c6ccc7c8ccccc8c8ccccc8c7c6c6ccc7ccccc7c65)nc5c4sc4ccccc45)cc32)cc1. The van der Waals surface area contributed by atoms with Gasteiger partial charge < -0.3 is 4.57 Å². The fraction of sp³-hybridized carbons (Fsp3) is 0. The van der Waals surface area contributed by atoms with Crippen molar-refractivity contribution in [2.24, 2.45) is 0 Å². The minimum Gasteiger partial charge on any atom is -0.309 e. The molecule has 0 saturated heterocycles. The number of fused-ring (bicyclic) bond motifs is 18. The smallest absolute Gasteiger partial charge is 0.235 e. The van der Waals surface area contributed by atoms with E-state index in [1.807, 2.05) is 0 Å². The molecule has 4 aromatic heterocycles. The van der Waals surface area contributed by atoms with Crippen molar-refractivity contribution in [2.45, 2.75) is 0 Å². The average Bonchev–Trinajstić information content (AvgIpc) is 3.99. The number of aromatic nitrogens is 4. The molecular weight excluding hydrogens is 761 g/mol. The second-order valence-electron chi connectivity index (χ2n) is 16.1. The molecule has 0 N–H and O–H groups in total. The van der Waals surface area contributed by atoms with Gasteiger partial charge in [-0.05, 0) is 68.7 Å². The predicted molar refractivity (Wildman–Crippen MR) is 259 cm³/mol. The van der Waals surface area contributed by atoms with Crippen LogP contribution in [-0.4, -0.2) is 19.1 Å². The van der Waals surface area contributed by atoms with Gasteiger partial charge in [0.1, 0.15) is 0 Å². The molecule has 14 aromatic rings. The average molecular weight is 793 g/mol. The molecule has 0 aliphatic heterocycles. The zero-order valence-corrected chi connectivity index (χ0v) is 33.5. The minimum atomic E-state index is 0.663. The van der Waals surface area contributed by atoms with E-state index in [1.165, 1.54) is 74.9 Å². The Morgan fingerprint density at radius 2 is 0.984 bits per heavy atom. The van der Waals surface area contributed by atoms with Gasteiger partial charge in [0.2, 0.25) is 5.95 Å². The maximum absolute atomic E-state index is 5.72.